The van der Waals surface area contributed by atoms with Gasteiger partial charge in [0.25, 0.3) is 0 Å². The van der Waals surface area contributed by atoms with Gasteiger partial charge in [-0.15, -0.1) is 11.3 Å². The van der Waals surface area contributed by atoms with Crippen molar-refractivity contribution in [3.63, 3.8) is 0 Å². The second-order valence-corrected chi connectivity index (χ2v) is 5.04. The number of rotatable bonds is 0. The van der Waals surface area contributed by atoms with Gasteiger partial charge in [0.1, 0.15) is 0 Å². The number of hydrogen-bond acceptors (Lipinski definition) is 1. The molecule has 0 saturated carbocycles. The van der Waals surface area contributed by atoms with Crippen LogP contribution in [0.2, 0.25) is 0 Å². The zero-order valence-electron chi connectivity index (χ0n) is 9.02. The molecule has 0 nitrogen and oxygen atoms in total. The highest BCUT2D eigenvalue weighted by Gasteiger charge is 2.17. The van der Waals surface area contributed by atoms with E-state index < -0.39 is 0 Å². The predicted octanol–water partition coefficient (Wildman–Crippen LogP) is 4.17. The maximum absolute atomic E-state index is 2.33. The summed E-state index contributed by atoms with van der Waals surface area (Å²) in [6.07, 6.45) is 2.64. The average Bonchev–Trinajstić information content (AvgIpc) is 2.81. The van der Waals surface area contributed by atoms with Crippen molar-refractivity contribution in [2.75, 3.05) is 0 Å². The van der Waals surface area contributed by atoms with E-state index in [-0.39, 0.29) is 0 Å². The summed E-state index contributed by atoms with van der Waals surface area (Å²) in [6, 6.07) is 14.3. The molecule has 1 heterocycles. The third kappa shape index (κ3) is 2.93. The first-order valence-corrected chi connectivity index (χ1v) is 6.29. The van der Waals surface area contributed by atoms with Crippen molar-refractivity contribution in [2.45, 2.75) is 19.8 Å². The minimum absolute atomic E-state index is 0.910. The van der Waals surface area contributed by atoms with Crippen LogP contribution in [0.1, 0.15) is 17.4 Å². The molecule has 2 aromatic rings. The normalized spacial score (nSPS) is 17.8. The van der Waals surface area contributed by atoms with Gasteiger partial charge >= 0.3 is 0 Å². The van der Waals surface area contributed by atoms with Crippen LogP contribution in [-0.4, -0.2) is 0 Å². The molecule has 1 heteroatoms. The lowest BCUT2D eigenvalue weighted by Gasteiger charge is -1.94. The molecular formula is C14H16S. The van der Waals surface area contributed by atoms with Crippen molar-refractivity contribution >= 4 is 11.3 Å². The van der Waals surface area contributed by atoms with Gasteiger partial charge in [-0.05, 0) is 35.8 Å². The minimum atomic E-state index is 0.910. The molecule has 0 amide bonds. The highest BCUT2D eigenvalue weighted by Crippen LogP contribution is 2.30. The molecule has 0 radical (unpaired) electrons. The Balaban J connectivity index is 0.000000124. The van der Waals surface area contributed by atoms with Crippen LogP contribution in [0.15, 0.2) is 47.8 Å². The summed E-state index contributed by atoms with van der Waals surface area (Å²) in [6.45, 7) is 2.33. The van der Waals surface area contributed by atoms with Crippen LogP contribution in [0, 0.1) is 5.92 Å². The summed E-state index contributed by atoms with van der Waals surface area (Å²) < 4.78 is 0. The number of benzene rings is 1. The van der Waals surface area contributed by atoms with Crippen molar-refractivity contribution in [3.05, 3.63) is 58.3 Å². The van der Waals surface area contributed by atoms with Crippen LogP contribution < -0.4 is 0 Å². The zero-order chi connectivity index (χ0) is 10.5. The summed E-state index contributed by atoms with van der Waals surface area (Å²) >= 11 is 1.92. The van der Waals surface area contributed by atoms with Gasteiger partial charge in [-0.1, -0.05) is 43.3 Å². The largest absolute Gasteiger partial charge is 0.149 e. The van der Waals surface area contributed by atoms with Gasteiger partial charge in [0.2, 0.25) is 0 Å². The number of hydrogen-bond donors (Lipinski definition) is 0. The number of fused-ring (bicyclic) bond motifs is 1. The predicted molar refractivity (Wildman–Crippen MR) is 67.3 cm³/mol. The second-order valence-electron chi connectivity index (χ2n) is 4.04. The molecule has 0 aliphatic heterocycles. The fraction of sp³-hybridized carbons (Fsp3) is 0.286. The van der Waals surface area contributed by atoms with E-state index in [1.165, 1.54) is 12.8 Å². The fourth-order valence-corrected chi connectivity index (χ4v) is 2.96. The maximum Gasteiger partial charge on any atom is 0.00800 e. The van der Waals surface area contributed by atoms with Crippen molar-refractivity contribution in [1.29, 1.82) is 0 Å². The van der Waals surface area contributed by atoms with Crippen LogP contribution in [0.5, 0.6) is 0 Å². The fourth-order valence-electron chi connectivity index (χ4n) is 1.88. The summed E-state index contributed by atoms with van der Waals surface area (Å²) in [7, 11) is 0. The quantitative estimate of drug-likeness (QED) is 0.620. The first kappa shape index (κ1) is 10.4. The van der Waals surface area contributed by atoms with Gasteiger partial charge in [0.05, 0.1) is 0 Å². The molecular weight excluding hydrogens is 200 g/mol. The van der Waals surface area contributed by atoms with Gasteiger partial charge in [0, 0.05) is 4.88 Å². The monoisotopic (exact) mass is 216 g/mol. The van der Waals surface area contributed by atoms with E-state index in [1.807, 2.05) is 47.7 Å². The maximum atomic E-state index is 2.33. The third-order valence-corrected chi connectivity index (χ3v) is 3.59. The Kier molecular flexibility index (Phi) is 3.57. The third-order valence-electron chi connectivity index (χ3n) is 2.61. The molecule has 0 fully saturated rings. The molecule has 0 saturated heterocycles. The molecule has 1 aliphatic rings. The Bertz CT molecular complexity index is 342. The molecule has 0 spiro atoms. The Hall–Kier alpha value is -1.08. The SMILES string of the molecule is CC1Cc2ccsc2C1.c1ccccc1. The Labute approximate surface area is 95.6 Å². The molecule has 1 aromatic heterocycles. The number of thiophene rings is 1. The van der Waals surface area contributed by atoms with Crippen LogP contribution in [-0.2, 0) is 12.8 Å². The van der Waals surface area contributed by atoms with E-state index in [1.54, 1.807) is 10.4 Å². The van der Waals surface area contributed by atoms with E-state index >= 15 is 0 Å². The van der Waals surface area contributed by atoms with Gasteiger partial charge in [-0.3, -0.25) is 0 Å². The van der Waals surface area contributed by atoms with E-state index in [9.17, 15) is 0 Å². The van der Waals surface area contributed by atoms with E-state index in [2.05, 4.69) is 18.4 Å². The lowest BCUT2D eigenvalue weighted by molar-refractivity contribution is 0.629. The standard InChI is InChI=1S/C8H10S.C6H6/c1-6-4-7-2-3-9-8(7)5-6;1-2-4-6-5-3-1/h2-3,6H,4-5H2,1H3;1-6H. The van der Waals surface area contributed by atoms with Gasteiger partial charge in [-0.2, -0.15) is 0 Å². The molecule has 1 aromatic carbocycles. The second kappa shape index (κ2) is 5.13. The molecule has 1 unspecified atom stereocenters. The summed E-state index contributed by atoms with van der Waals surface area (Å²) in [5, 5.41) is 2.20. The van der Waals surface area contributed by atoms with Crippen LogP contribution >= 0.6 is 11.3 Å². The van der Waals surface area contributed by atoms with Gasteiger partial charge in [-0.25, -0.2) is 0 Å². The van der Waals surface area contributed by atoms with E-state index in [0.717, 1.165) is 5.92 Å². The first-order valence-electron chi connectivity index (χ1n) is 5.41. The van der Waals surface area contributed by atoms with Crippen molar-refractivity contribution < 1.29 is 0 Å². The Morgan fingerprint density at radius 1 is 1.00 bits per heavy atom. The smallest absolute Gasteiger partial charge is 0.00800 e. The van der Waals surface area contributed by atoms with Crippen molar-refractivity contribution in [3.8, 4) is 0 Å². The Morgan fingerprint density at radius 2 is 1.60 bits per heavy atom. The lowest BCUT2D eigenvalue weighted by Crippen LogP contribution is -1.89. The molecule has 1 aliphatic carbocycles. The average molecular weight is 216 g/mol. The summed E-state index contributed by atoms with van der Waals surface area (Å²) in [5.41, 5.74) is 1.60. The molecule has 78 valence electrons. The van der Waals surface area contributed by atoms with E-state index in [4.69, 9.17) is 0 Å². The minimum Gasteiger partial charge on any atom is -0.149 e. The molecule has 1 atom stereocenters. The molecule has 0 N–H and O–H groups in total. The van der Waals surface area contributed by atoms with Crippen LogP contribution in [0.3, 0.4) is 0 Å². The van der Waals surface area contributed by atoms with Crippen molar-refractivity contribution in [2.24, 2.45) is 5.92 Å². The molecule has 0 bridgehead atoms. The van der Waals surface area contributed by atoms with Crippen molar-refractivity contribution in [1.82, 2.24) is 0 Å². The highest BCUT2D eigenvalue weighted by atomic mass is 32.1. The first-order chi connectivity index (χ1) is 7.36. The molecule has 15 heavy (non-hydrogen) atoms. The Morgan fingerprint density at radius 3 is 2.13 bits per heavy atom. The summed E-state index contributed by atoms with van der Waals surface area (Å²) in [4.78, 5) is 1.63. The topological polar surface area (TPSA) is 0 Å². The van der Waals surface area contributed by atoms with E-state index in [0.29, 0.717) is 0 Å². The lowest BCUT2D eigenvalue weighted by atomic mass is 10.1. The molecule has 3 rings (SSSR count). The van der Waals surface area contributed by atoms with Crippen LogP contribution in [0.4, 0.5) is 0 Å². The zero-order valence-corrected chi connectivity index (χ0v) is 9.84. The summed E-state index contributed by atoms with van der Waals surface area (Å²) in [5.74, 6) is 0.910. The van der Waals surface area contributed by atoms with Gasteiger partial charge in [0.15, 0.2) is 0 Å². The highest BCUT2D eigenvalue weighted by molar-refractivity contribution is 7.10. The van der Waals surface area contributed by atoms with Gasteiger partial charge < -0.3 is 0 Å². The van der Waals surface area contributed by atoms with Crippen LogP contribution in [0.25, 0.3) is 0 Å².